The predicted octanol–water partition coefficient (Wildman–Crippen LogP) is 3.57. The van der Waals surface area contributed by atoms with Gasteiger partial charge in [-0.1, -0.05) is 31.2 Å². The van der Waals surface area contributed by atoms with Gasteiger partial charge in [0.2, 0.25) is 0 Å². The van der Waals surface area contributed by atoms with Gasteiger partial charge in [-0.05, 0) is 37.2 Å². The van der Waals surface area contributed by atoms with Gasteiger partial charge in [-0.25, -0.2) is 0 Å². The van der Waals surface area contributed by atoms with Crippen molar-refractivity contribution in [3.8, 4) is 17.2 Å². The smallest absolute Gasteiger partial charge is 0.165 e. The van der Waals surface area contributed by atoms with Crippen molar-refractivity contribution >= 4 is 0 Å². The van der Waals surface area contributed by atoms with E-state index in [1.807, 2.05) is 49.4 Å². The van der Waals surface area contributed by atoms with E-state index in [-0.39, 0.29) is 0 Å². The van der Waals surface area contributed by atoms with Crippen molar-refractivity contribution in [2.75, 3.05) is 26.9 Å². The van der Waals surface area contributed by atoms with Gasteiger partial charge in [-0.3, -0.25) is 0 Å². The Kier molecular flexibility index (Phi) is 6.76. The third kappa shape index (κ3) is 5.18. The summed E-state index contributed by atoms with van der Waals surface area (Å²) in [5.41, 5.74) is 2.27. The van der Waals surface area contributed by atoms with Crippen molar-refractivity contribution in [3.63, 3.8) is 0 Å². The third-order valence-electron chi connectivity index (χ3n) is 3.43. The maximum absolute atomic E-state index is 5.92. The Hall–Kier alpha value is -2.20. The fourth-order valence-electron chi connectivity index (χ4n) is 2.29. The summed E-state index contributed by atoms with van der Waals surface area (Å²) in [7, 11) is 1.66. The Balaban J connectivity index is 1.93. The van der Waals surface area contributed by atoms with E-state index in [4.69, 9.17) is 14.2 Å². The predicted molar refractivity (Wildman–Crippen MR) is 92.5 cm³/mol. The molecule has 0 aromatic heterocycles. The molecular weight excluding hydrogens is 290 g/mol. The normalized spacial score (nSPS) is 10.4. The zero-order chi connectivity index (χ0) is 16.5. The molecule has 0 saturated heterocycles. The molecule has 4 heteroatoms. The highest BCUT2D eigenvalue weighted by Crippen LogP contribution is 2.31. The minimum Gasteiger partial charge on any atom is -0.493 e. The molecule has 124 valence electrons. The first-order valence-electron chi connectivity index (χ1n) is 7.93. The first kappa shape index (κ1) is 17.2. The molecule has 0 bridgehead atoms. The first-order chi connectivity index (χ1) is 11.2. The van der Waals surface area contributed by atoms with Gasteiger partial charge < -0.3 is 19.5 Å². The van der Waals surface area contributed by atoms with Gasteiger partial charge in [-0.2, -0.15) is 0 Å². The number of methoxy groups -OCH3 is 1. The molecule has 2 aromatic rings. The molecule has 0 radical (unpaired) electrons. The van der Waals surface area contributed by atoms with E-state index in [1.165, 1.54) is 5.56 Å². The molecule has 2 aromatic carbocycles. The maximum atomic E-state index is 5.92. The first-order valence-corrected chi connectivity index (χ1v) is 7.93. The zero-order valence-corrected chi connectivity index (χ0v) is 14.1. The molecule has 0 amide bonds. The van der Waals surface area contributed by atoms with Gasteiger partial charge in [0, 0.05) is 12.1 Å². The molecule has 0 aliphatic rings. The summed E-state index contributed by atoms with van der Waals surface area (Å²) < 4.78 is 17.0. The van der Waals surface area contributed by atoms with Crippen LogP contribution in [-0.2, 0) is 6.54 Å². The fraction of sp³-hybridized carbons (Fsp3) is 0.368. The number of rotatable bonds is 9. The lowest BCUT2D eigenvalue weighted by molar-refractivity contribution is 0.209. The molecule has 1 N–H and O–H groups in total. The molecule has 2 rings (SSSR count). The van der Waals surface area contributed by atoms with Gasteiger partial charge in [0.05, 0.1) is 7.11 Å². The number of hydrogen-bond acceptors (Lipinski definition) is 4. The molecule has 0 aliphatic carbocycles. The SMILES string of the molecule is CCNCc1cccc(OC)c1OCCOc1cccc(C)c1. The van der Waals surface area contributed by atoms with Gasteiger partial charge >= 0.3 is 0 Å². The molecule has 0 aliphatic heterocycles. The van der Waals surface area contributed by atoms with Crippen LogP contribution in [0.3, 0.4) is 0 Å². The lowest BCUT2D eigenvalue weighted by Crippen LogP contribution is -2.15. The van der Waals surface area contributed by atoms with Gasteiger partial charge in [0.15, 0.2) is 11.5 Å². The van der Waals surface area contributed by atoms with Crippen LogP contribution in [0, 0.1) is 6.92 Å². The highest BCUT2D eigenvalue weighted by atomic mass is 16.5. The van der Waals surface area contributed by atoms with E-state index in [2.05, 4.69) is 12.2 Å². The van der Waals surface area contributed by atoms with Gasteiger partial charge in [0.25, 0.3) is 0 Å². The van der Waals surface area contributed by atoms with Crippen LogP contribution in [0.2, 0.25) is 0 Å². The average molecular weight is 315 g/mol. The van der Waals surface area contributed by atoms with E-state index >= 15 is 0 Å². The monoisotopic (exact) mass is 315 g/mol. The van der Waals surface area contributed by atoms with Crippen LogP contribution in [0.4, 0.5) is 0 Å². The molecular formula is C19H25NO3. The Labute approximate surface area is 138 Å². The molecule has 0 spiro atoms. The Bertz CT molecular complexity index is 613. The molecule has 4 nitrogen and oxygen atoms in total. The number of ether oxygens (including phenoxy) is 3. The van der Waals surface area contributed by atoms with Crippen LogP contribution in [0.5, 0.6) is 17.2 Å². The number of hydrogen-bond donors (Lipinski definition) is 1. The maximum Gasteiger partial charge on any atom is 0.165 e. The van der Waals surface area contributed by atoms with Crippen LogP contribution < -0.4 is 19.5 Å². The van der Waals surface area contributed by atoms with Gasteiger partial charge in [-0.15, -0.1) is 0 Å². The highest BCUT2D eigenvalue weighted by Gasteiger charge is 2.10. The Morgan fingerprint density at radius 1 is 1.00 bits per heavy atom. The van der Waals surface area contributed by atoms with Crippen LogP contribution >= 0.6 is 0 Å². The lowest BCUT2D eigenvalue weighted by atomic mass is 10.2. The van der Waals surface area contributed by atoms with Crippen molar-refractivity contribution < 1.29 is 14.2 Å². The number of nitrogens with one attached hydrogen (secondary N) is 1. The molecule has 0 heterocycles. The molecule has 0 saturated carbocycles. The summed E-state index contributed by atoms with van der Waals surface area (Å²) in [6.07, 6.45) is 0. The summed E-state index contributed by atoms with van der Waals surface area (Å²) in [5.74, 6) is 2.39. The second-order valence-electron chi connectivity index (χ2n) is 5.24. The van der Waals surface area contributed by atoms with Crippen molar-refractivity contribution in [2.45, 2.75) is 20.4 Å². The Morgan fingerprint density at radius 3 is 2.52 bits per heavy atom. The zero-order valence-electron chi connectivity index (χ0n) is 14.1. The molecule has 23 heavy (non-hydrogen) atoms. The highest BCUT2D eigenvalue weighted by molar-refractivity contribution is 5.46. The van der Waals surface area contributed by atoms with Crippen LogP contribution in [-0.4, -0.2) is 26.9 Å². The van der Waals surface area contributed by atoms with Gasteiger partial charge in [0.1, 0.15) is 19.0 Å². The summed E-state index contributed by atoms with van der Waals surface area (Å²) >= 11 is 0. The van der Waals surface area contributed by atoms with Crippen LogP contribution in [0.1, 0.15) is 18.1 Å². The van der Waals surface area contributed by atoms with Crippen molar-refractivity contribution in [2.24, 2.45) is 0 Å². The third-order valence-corrected chi connectivity index (χ3v) is 3.43. The largest absolute Gasteiger partial charge is 0.493 e. The fourth-order valence-corrected chi connectivity index (χ4v) is 2.29. The minimum absolute atomic E-state index is 0.466. The van der Waals surface area contributed by atoms with Crippen LogP contribution in [0.15, 0.2) is 42.5 Å². The molecule has 0 fully saturated rings. The number of benzene rings is 2. The Morgan fingerprint density at radius 2 is 1.78 bits per heavy atom. The van der Waals surface area contributed by atoms with E-state index in [1.54, 1.807) is 7.11 Å². The molecule has 0 atom stereocenters. The summed E-state index contributed by atoms with van der Waals surface area (Å²) in [4.78, 5) is 0. The molecule has 0 unspecified atom stereocenters. The minimum atomic E-state index is 0.466. The summed E-state index contributed by atoms with van der Waals surface area (Å²) in [6.45, 7) is 6.74. The van der Waals surface area contributed by atoms with Crippen molar-refractivity contribution in [1.29, 1.82) is 0 Å². The quantitative estimate of drug-likeness (QED) is 0.718. The van der Waals surface area contributed by atoms with E-state index in [9.17, 15) is 0 Å². The van der Waals surface area contributed by atoms with E-state index in [0.717, 1.165) is 35.9 Å². The lowest BCUT2D eigenvalue weighted by Gasteiger charge is -2.15. The second-order valence-corrected chi connectivity index (χ2v) is 5.24. The van der Waals surface area contributed by atoms with Crippen molar-refractivity contribution in [3.05, 3.63) is 53.6 Å². The van der Waals surface area contributed by atoms with E-state index < -0.39 is 0 Å². The number of para-hydroxylation sites is 1. The number of aryl methyl sites for hydroxylation is 1. The summed E-state index contributed by atoms with van der Waals surface area (Å²) in [5, 5.41) is 3.31. The second kappa shape index (κ2) is 9.06. The van der Waals surface area contributed by atoms with Crippen LogP contribution in [0.25, 0.3) is 0 Å². The van der Waals surface area contributed by atoms with E-state index in [0.29, 0.717) is 13.2 Å². The topological polar surface area (TPSA) is 39.7 Å². The average Bonchev–Trinajstić information content (AvgIpc) is 2.57. The standard InChI is InChI=1S/C19H25NO3/c1-4-20-14-16-8-6-10-18(21-3)19(16)23-12-11-22-17-9-5-7-15(2)13-17/h5-10,13,20H,4,11-12,14H2,1-3H3. The summed E-state index contributed by atoms with van der Waals surface area (Å²) in [6, 6.07) is 13.9. The van der Waals surface area contributed by atoms with Crippen molar-refractivity contribution in [1.82, 2.24) is 5.32 Å².